The van der Waals surface area contributed by atoms with Crippen LogP contribution in [0.15, 0.2) is 42.5 Å². The third kappa shape index (κ3) is 5.33. The zero-order chi connectivity index (χ0) is 23.1. The highest BCUT2D eigenvalue weighted by molar-refractivity contribution is 6.04. The predicted octanol–water partition coefficient (Wildman–Crippen LogP) is 3.15. The molecule has 0 aromatic heterocycles. The van der Waals surface area contributed by atoms with Crippen LogP contribution in [0.2, 0.25) is 0 Å². The average molecular weight is 429 g/mol. The van der Waals surface area contributed by atoms with E-state index in [1.807, 2.05) is 0 Å². The fourth-order valence-electron chi connectivity index (χ4n) is 3.31. The molecule has 8 nitrogen and oxygen atoms in total. The summed E-state index contributed by atoms with van der Waals surface area (Å²) in [5.74, 6) is -1.72. The molecule has 0 radical (unpaired) electrons. The van der Waals surface area contributed by atoms with E-state index in [0.29, 0.717) is 11.3 Å². The second-order valence-corrected chi connectivity index (χ2v) is 7.16. The van der Waals surface area contributed by atoms with Crippen LogP contribution in [0.5, 0.6) is 17.2 Å². The normalized spacial score (nSPS) is 11.5. The van der Waals surface area contributed by atoms with Crippen molar-refractivity contribution in [2.45, 2.75) is 19.9 Å². The van der Waals surface area contributed by atoms with Crippen LogP contribution >= 0.6 is 0 Å². The maximum atomic E-state index is 13.1. The number of hydrogen-bond donors (Lipinski definition) is 1. The van der Waals surface area contributed by atoms with E-state index < -0.39 is 36.2 Å². The SMILES string of the molecule is COc1cc(C(=O)CN(C(=O)c2ccccc2)C(C(=O)O)C(C)C)cc(OC)c1OC. The van der Waals surface area contributed by atoms with Crippen LogP contribution in [0.4, 0.5) is 0 Å². The minimum absolute atomic E-state index is 0.202. The topological polar surface area (TPSA) is 102 Å². The number of carboxylic acids is 1. The van der Waals surface area contributed by atoms with E-state index in [2.05, 4.69) is 0 Å². The summed E-state index contributed by atoms with van der Waals surface area (Å²) in [7, 11) is 4.30. The maximum Gasteiger partial charge on any atom is 0.326 e. The third-order valence-electron chi connectivity index (χ3n) is 4.80. The first-order chi connectivity index (χ1) is 14.7. The first-order valence-electron chi connectivity index (χ1n) is 9.67. The number of aliphatic carboxylic acids is 1. The number of amides is 1. The molecule has 0 aliphatic heterocycles. The zero-order valence-corrected chi connectivity index (χ0v) is 18.2. The Bertz CT molecular complexity index is 915. The third-order valence-corrected chi connectivity index (χ3v) is 4.80. The van der Waals surface area contributed by atoms with Gasteiger partial charge >= 0.3 is 5.97 Å². The van der Waals surface area contributed by atoms with Crippen molar-refractivity contribution in [2.75, 3.05) is 27.9 Å². The lowest BCUT2D eigenvalue weighted by atomic mass is 9.99. The molecule has 0 heterocycles. The van der Waals surface area contributed by atoms with Crippen molar-refractivity contribution in [3.05, 3.63) is 53.6 Å². The van der Waals surface area contributed by atoms with Crippen LogP contribution in [0.1, 0.15) is 34.6 Å². The minimum Gasteiger partial charge on any atom is -0.493 e. The van der Waals surface area contributed by atoms with Gasteiger partial charge in [0.25, 0.3) is 5.91 Å². The highest BCUT2D eigenvalue weighted by atomic mass is 16.5. The second-order valence-electron chi connectivity index (χ2n) is 7.16. The van der Waals surface area contributed by atoms with Crippen LogP contribution in [0, 0.1) is 5.92 Å². The number of ketones is 1. The van der Waals surface area contributed by atoms with Gasteiger partial charge in [-0.25, -0.2) is 4.79 Å². The zero-order valence-electron chi connectivity index (χ0n) is 18.2. The summed E-state index contributed by atoms with van der Waals surface area (Å²) in [4.78, 5) is 39.3. The van der Waals surface area contributed by atoms with Crippen LogP contribution in [0.25, 0.3) is 0 Å². The van der Waals surface area contributed by atoms with E-state index in [0.717, 1.165) is 4.90 Å². The molecule has 0 saturated carbocycles. The Balaban J connectivity index is 2.48. The second kappa shape index (κ2) is 10.5. The van der Waals surface area contributed by atoms with Crippen molar-refractivity contribution in [1.29, 1.82) is 0 Å². The number of Topliss-reactive ketones (excluding diaryl/α,β-unsaturated/α-hetero) is 1. The molecule has 1 unspecified atom stereocenters. The van der Waals surface area contributed by atoms with Gasteiger partial charge < -0.3 is 24.2 Å². The molecule has 2 rings (SSSR count). The van der Waals surface area contributed by atoms with Crippen molar-refractivity contribution in [3.63, 3.8) is 0 Å². The summed E-state index contributed by atoms with van der Waals surface area (Å²) >= 11 is 0. The molecule has 0 aliphatic rings. The summed E-state index contributed by atoms with van der Waals surface area (Å²) in [6.45, 7) is 2.95. The first-order valence-corrected chi connectivity index (χ1v) is 9.67. The highest BCUT2D eigenvalue weighted by Crippen LogP contribution is 2.38. The number of carbonyl (C=O) groups is 3. The number of carboxylic acid groups (broad SMARTS) is 1. The van der Waals surface area contributed by atoms with Crippen molar-refractivity contribution in [2.24, 2.45) is 5.92 Å². The monoisotopic (exact) mass is 429 g/mol. The first kappa shape index (κ1) is 23.7. The van der Waals surface area contributed by atoms with Gasteiger partial charge in [-0.15, -0.1) is 0 Å². The van der Waals surface area contributed by atoms with Crippen LogP contribution in [-0.2, 0) is 4.79 Å². The molecular formula is C23H27NO7. The van der Waals surface area contributed by atoms with E-state index >= 15 is 0 Å². The van der Waals surface area contributed by atoms with Gasteiger partial charge in [-0.1, -0.05) is 32.0 Å². The Morgan fingerprint density at radius 2 is 1.45 bits per heavy atom. The van der Waals surface area contributed by atoms with Gasteiger partial charge in [-0.3, -0.25) is 9.59 Å². The molecule has 2 aromatic rings. The summed E-state index contributed by atoms with van der Waals surface area (Å²) < 4.78 is 15.8. The molecule has 1 amide bonds. The number of hydrogen-bond acceptors (Lipinski definition) is 6. The van der Waals surface area contributed by atoms with E-state index in [1.165, 1.54) is 33.5 Å². The van der Waals surface area contributed by atoms with Gasteiger partial charge in [0.1, 0.15) is 6.04 Å². The predicted molar refractivity (Wildman–Crippen MR) is 114 cm³/mol. The van der Waals surface area contributed by atoms with Crippen LogP contribution < -0.4 is 14.2 Å². The number of ether oxygens (including phenoxy) is 3. The fraction of sp³-hybridized carbons (Fsp3) is 0.348. The molecule has 31 heavy (non-hydrogen) atoms. The highest BCUT2D eigenvalue weighted by Gasteiger charge is 2.34. The lowest BCUT2D eigenvalue weighted by Crippen LogP contribution is -2.50. The summed E-state index contributed by atoms with van der Waals surface area (Å²) in [6.07, 6.45) is 0. The van der Waals surface area contributed by atoms with Gasteiger partial charge in [0.15, 0.2) is 17.3 Å². The molecular weight excluding hydrogens is 402 g/mol. The summed E-state index contributed by atoms with van der Waals surface area (Å²) in [6, 6.07) is 10.0. The Morgan fingerprint density at radius 1 is 0.903 bits per heavy atom. The molecule has 166 valence electrons. The Hall–Kier alpha value is -3.55. The van der Waals surface area contributed by atoms with Crippen molar-refractivity contribution in [3.8, 4) is 17.2 Å². The van der Waals surface area contributed by atoms with Gasteiger partial charge in [-0.05, 0) is 30.2 Å². The molecule has 1 atom stereocenters. The molecule has 0 fully saturated rings. The summed E-state index contributed by atoms with van der Waals surface area (Å²) in [5.41, 5.74) is 0.500. The maximum absolute atomic E-state index is 13.1. The molecule has 0 saturated heterocycles. The van der Waals surface area contributed by atoms with Gasteiger partial charge in [0.2, 0.25) is 5.75 Å². The molecule has 8 heteroatoms. The standard InChI is InChI=1S/C23H27NO7/c1-14(2)20(23(27)28)24(22(26)15-9-7-6-8-10-15)13-17(25)16-11-18(29-3)21(31-5)19(12-16)30-4/h6-12,14,20H,13H2,1-5H3,(H,27,28). The molecule has 0 bridgehead atoms. The quantitative estimate of drug-likeness (QED) is 0.579. The molecule has 1 N–H and O–H groups in total. The van der Waals surface area contributed by atoms with Crippen molar-refractivity contribution < 1.29 is 33.7 Å². The number of methoxy groups -OCH3 is 3. The Kier molecular flexibility index (Phi) is 8.01. The van der Waals surface area contributed by atoms with E-state index in [1.54, 1.807) is 44.2 Å². The van der Waals surface area contributed by atoms with E-state index in [9.17, 15) is 19.5 Å². The van der Waals surface area contributed by atoms with Crippen molar-refractivity contribution >= 4 is 17.7 Å². The lowest BCUT2D eigenvalue weighted by Gasteiger charge is -2.31. The molecule has 0 spiro atoms. The van der Waals surface area contributed by atoms with Crippen LogP contribution in [0.3, 0.4) is 0 Å². The number of nitrogens with zero attached hydrogens (tertiary/aromatic N) is 1. The van der Waals surface area contributed by atoms with Crippen molar-refractivity contribution in [1.82, 2.24) is 4.90 Å². The van der Waals surface area contributed by atoms with E-state index in [-0.39, 0.29) is 17.1 Å². The minimum atomic E-state index is -1.18. The number of rotatable bonds is 10. The number of benzene rings is 2. The van der Waals surface area contributed by atoms with Crippen LogP contribution in [-0.4, -0.2) is 61.6 Å². The fourth-order valence-corrected chi connectivity index (χ4v) is 3.31. The number of carbonyl (C=O) groups excluding carboxylic acids is 2. The van der Waals surface area contributed by atoms with E-state index in [4.69, 9.17) is 14.2 Å². The molecule has 0 aliphatic carbocycles. The molecule has 2 aromatic carbocycles. The average Bonchev–Trinajstić information content (AvgIpc) is 2.76. The summed E-state index contributed by atoms with van der Waals surface area (Å²) in [5, 5.41) is 9.76. The Morgan fingerprint density at radius 3 is 1.87 bits per heavy atom. The smallest absolute Gasteiger partial charge is 0.326 e. The van der Waals surface area contributed by atoms with Gasteiger partial charge in [-0.2, -0.15) is 0 Å². The Labute approximate surface area is 181 Å². The lowest BCUT2D eigenvalue weighted by molar-refractivity contribution is -0.143. The van der Waals surface area contributed by atoms with Gasteiger partial charge in [0.05, 0.1) is 27.9 Å². The largest absolute Gasteiger partial charge is 0.493 e. The van der Waals surface area contributed by atoms with Gasteiger partial charge in [0, 0.05) is 11.1 Å².